The first kappa shape index (κ1) is 15.2. The van der Waals surface area contributed by atoms with Gasteiger partial charge in [-0.1, -0.05) is 32.4 Å². The number of carbonyl (C=O) groups excluding carboxylic acids is 1. The molecule has 0 N–H and O–H groups in total. The van der Waals surface area contributed by atoms with Crippen LogP contribution in [-0.2, 0) is 6.54 Å². The molecule has 102 valence electrons. The van der Waals surface area contributed by atoms with Crippen molar-refractivity contribution in [2.75, 3.05) is 20.6 Å². The van der Waals surface area contributed by atoms with Gasteiger partial charge in [-0.15, -0.1) is 0 Å². The predicted molar refractivity (Wildman–Crippen MR) is 74.1 cm³/mol. The highest BCUT2D eigenvalue weighted by Crippen LogP contribution is 2.22. The summed E-state index contributed by atoms with van der Waals surface area (Å²) >= 11 is 6.09. The van der Waals surface area contributed by atoms with Gasteiger partial charge in [0.15, 0.2) is 5.78 Å². The van der Waals surface area contributed by atoms with Gasteiger partial charge in [-0.05, 0) is 20.0 Å². The molecule has 0 aromatic carbocycles. The van der Waals surface area contributed by atoms with Gasteiger partial charge in [-0.25, -0.2) is 0 Å². The van der Waals surface area contributed by atoms with Crippen molar-refractivity contribution in [3.05, 3.63) is 16.9 Å². The molecule has 5 heteroatoms. The van der Waals surface area contributed by atoms with Gasteiger partial charge in [-0.3, -0.25) is 9.48 Å². The van der Waals surface area contributed by atoms with Gasteiger partial charge in [0.05, 0.1) is 17.8 Å². The Morgan fingerprint density at radius 2 is 2.06 bits per heavy atom. The molecule has 0 radical (unpaired) electrons. The van der Waals surface area contributed by atoms with E-state index in [1.807, 2.05) is 34.9 Å². The summed E-state index contributed by atoms with van der Waals surface area (Å²) in [7, 11) is 3.98. The van der Waals surface area contributed by atoms with Gasteiger partial charge in [0.1, 0.15) is 5.69 Å². The van der Waals surface area contributed by atoms with Crippen LogP contribution in [0.1, 0.15) is 31.3 Å². The van der Waals surface area contributed by atoms with Gasteiger partial charge < -0.3 is 4.90 Å². The topological polar surface area (TPSA) is 38.1 Å². The SMILES string of the molecule is CC(C)C(C)C(=O)c1c(Cl)cnn1CCN(C)C. The fourth-order valence-corrected chi connectivity index (χ4v) is 1.82. The summed E-state index contributed by atoms with van der Waals surface area (Å²) in [5.41, 5.74) is 0.541. The van der Waals surface area contributed by atoms with Gasteiger partial charge >= 0.3 is 0 Å². The highest BCUT2D eigenvalue weighted by atomic mass is 35.5. The average molecular weight is 272 g/mol. The largest absolute Gasteiger partial charge is 0.308 e. The molecule has 0 fully saturated rings. The number of halogens is 1. The van der Waals surface area contributed by atoms with Crippen LogP contribution >= 0.6 is 11.6 Å². The van der Waals surface area contributed by atoms with Crippen LogP contribution in [0.2, 0.25) is 5.02 Å². The third-order valence-corrected chi connectivity index (χ3v) is 3.48. The van der Waals surface area contributed by atoms with Crippen molar-refractivity contribution in [3.63, 3.8) is 0 Å². The van der Waals surface area contributed by atoms with Crippen LogP contribution in [0, 0.1) is 11.8 Å². The van der Waals surface area contributed by atoms with E-state index >= 15 is 0 Å². The molecule has 1 heterocycles. The molecule has 18 heavy (non-hydrogen) atoms. The summed E-state index contributed by atoms with van der Waals surface area (Å²) in [5.74, 6) is 0.328. The van der Waals surface area contributed by atoms with E-state index in [0.717, 1.165) is 6.54 Å². The van der Waals surface area contributed by atoms with Crippen LogP contribution < -0.4 is 0 Å². The number of nitrogens with zero attached hydrogens (tertiary/aromatic N) is 3. The number of carbonyl (C=O) groups is 1. The zero-order valence-corrected chi connectivity index (χ0v) is 12.5. The van der Waals surface area contributed by atoms with Crippen molar-refractivity contribution < 1.29 is 4.79 Å². The van der Waals surface area contributed by atoms with E-state index in [1.54, 1.807) is 10.9 Å². The Kier molecular flexibility index (Phi) is 5.35. The van der Waals surface area contributed by atoms with E-state index in [-0.39, 0.29) is 11.7 Å². The molecule has 1 atom stereocenters. The zero-order valence-electron chi connectivity index (χ0n) is 11.8. The maximum absolute atomic E-state index is 12.4. The number of ketones is 1. The minimum absolute atomic E-state index is 0.0442. The maximum atomic E-state index is 12.4. The standard InChI is InChI=1S/C13H22ClN3O/c1-9(2)10(3)13(18)12-11(14)8-15-17(12)7-6-16(4)5/h8-10H,6-7H2,1-5H3. The summed E-state index contributed by atoms with van der Waals surface area (Å²) < 4.78 is 1.71. The fraction of sp³-hybridized carbons (Fsp3) is 0.692. The lowest BCUT2D eigenvalue weighted by molar-refractivity contribution is 0.0888. The Morgan fingerprint density at radius 3 is 2.56 bits per heavy atom. The summed E-state index contributed by atoms with van der Waals surface area (Å²) in [6, 6.07) is 0. The molecule has 4 nitrogen and oxygen atoms in total. The molecule has 0 aliphatic rings. The van der Waals surface area contributed by atoms with Crippen molar-refractivity contribution in [1.82, 2.24) is 14.7 Å². The molecule has 1 aromatic heterocycles. The molecule has 0 aliphatic carbocycles. The Hall–Kier alpha value is -0.870. The van der Waals surface area contributed by atoms with E-state index in [2.05, 4.69) is 10.00 Å². The molecule has 1 rings (SSSR count). The van der Waals surface area contributed by atoms with Crippen molar-refractivity contribution in [1.29, 1.82) is 0 Å². The van der Waals surface area contributed by atoms with E-state index in [1.165, 1.54) is 0 Å². The molecule has 0 saturated carbocycles. The molecule has 0 aliphatic heterocycles. The lowest BCUT2D eigenvalue weighted by Gasteiger charge is -2.16. The van der Waals surface area contributed by atoms with Crippen LogP contribution in [-0.4, -0.2) is 41.1 Å². The van der Waals surface area contributed by atoms with Crippen LogP contribution in [0.5, 0.6) is 0 Å². The molecule has 1 unspecified atom stereocenters. The molecule has 0 spiro atoms. The lowest BCUT2D eigenvalue weighted by atomic mass is 9.92. The number of hydrogen-bond donors (Lipinski definition) is 0. The second kappa shape index (κ2) is 6.34. The molecular weight excluding hydrogens is 250 g/mol. The average Bonchev–Trinajstić information content (AvgIpc) is 2.65. The van der Waals surface area contributed by atoms with E-state index in [4.69, 9.17) is 11.6 Å². The third kappa shape index (κ3) is 3.56. The number of aromatic nitrogens is 2. The van der Waals surface area contributed by atoms with Crippen molar-refractivity contribution in [3.8, 4) is 0 Å². The third-order valence-electron chi connectivity index (χ3n) is 3.20. The van der Waals surface area contributed by atoms with Crippen molar-refractivity contribution in [2.45, 2.75) is 27.3 Å². The smallest absolute Gasteiger partial charge is 0.185 e. The quantitative estimate of drug-likeness (QED) is 0.747. The Morgan fingerprint density at radius 1 is 1.44 bits per heavy atom. The van der Waals surface area contributed by atoms with Gasteiger partial charge in [0.25, 0.3) is 0 Å². The predicted octanol–water partition coefficient (Wildman–Crippen LogP) is 2.57. The van der Waals surface area contributed by atoms with Gasteiger partial charge in [0.2, 0.25) is 0 Å². The summed E-state index contributed by atoms with van der Waals surface area (Å²) in [6.07, 6.45) is 1.55. The zero-order chi connectivity index (χ0) is 13.9. The Labute approximate surface area is 114 Å². The first-order chi connectivity index (χ1) is 8.34. The first-order valence-corrected chi connectivity index (χ1v) is 6.62. The summed E-state index contributed by atoms with van der Waals surface area (Å²) in [5, 5.41) is 4.64. The molecule has 1 aromatic rings. The maximum Gasteiger partial charge on any atom is 0.185 e. The van der Waals surface area contributed by atoms with Crippen molar-refractivity contribution >= 4 is 17.4 Å². The normalized spacial score (nSPS) is 13.3. The minimum atomic E-state index is -0.0442. The van der Waals surface area contributed by atoms with E-state index in [9.17, 15) is 4.79 Å². The summed E-state index contributed by atoms with van der Waals surface area (Å²) in [6.45, 7) is 7.51. The first-order valence-electron chi connectivity index (χ1n) is 6.24. The van der Waals surface area contributed by atoms with Gasteiger partial charge in [-0.2, -0.15) is 5.10 Å². The van der Waals surface area contributed by atoms with E-state index < -0.39 is 0 Å². The minimum Gasteiger partial charge on any atom is -0.308 e. The second-order valence-corrected chi connectivity index (χ2v) is 5.67. The summed E-state index contributed by atoms with van der Waals surface area (Å²) in [4.78, 5) is 14.4. The number of rotatable bonds is 6. The monoisotopic (exact) mass is 271 g/mol. The lowest BCUT2D eigenvalue weighted by Crippen LogP contribution is -2.25. The number of likely N-dealkylation sites (N-methyl/N-ethyl adjacent to an activating group) is 1. The fourth-order valence-electron chi connectivity index (χ4n) is 1.59. The van der Waals surface area contributed by atoms with Crippen molar-refractivity contribution in [2.24, 2.45) is 11.8 Å². The molecule has 0 bridgehead atoms. The number of Topliss-reactive ketones (excluding diaryl/α,β-unsaturated/α-hetero) is 1. The van der Waals surface area contributed by atoms with Crippen LogP contribution in [0.4, 0.5) is 0 Å². The molecular formula is C13H22ClN3O. The van der Waals surface area contributed by atoms with Crippen LogP contribution in [0.3, 0.4) is 0 Å². The highest BCUT2D eigenvalue weighted by Gasteiger charge is 2.24. The number of hydrogen-bond acceptors (Lipinski definition) is 3. The Balaban J connectivity index is 2.93. The van der Waals surface area contributed by atoms with Crippen LogP contribution in [0.15, 0.2) is 6.20 Å². The van der Waals surface area contributed by atoms with Crippen LogP contribution in [0.25, 0.3) is 0 Å². The molecule has 0 saturated heterocycles. The molecule has 0 amide bonds. The van der Waals surface area contributed by atoms with E-state index in [0.29, 0.717) is 23.2 Å². The highest BCUT2D eigenvalue weighted by molar-refractivity contribution is 6.33. The second-order valence-electron chi connectivity index (χ2n) is 5.26. The van der Waals surface area contributed by atoms with Gasteiger partial charge in [0, 0.05) is 12.5 Å². The Bertz CT molecular complexity index is 412.